The Bertz CT molecular complexity index is 1580. The second kappa shape index (κ2) is 15.9. The molecule has 1 unspecified atom stereocenters. The Morgan fingerprint density at radius 1 is 1.00 bits per heavy atom. The van der Waals surface area contributed by atoms with Gasteiger partial charge in [0, 0.05) is 32.7 Å². The molecule has 1 aromatic carbocycles. The lowest BCUT2D eigenvalue weighted by atomic mass is 9.85. The highest BCUT2D eigenvalue weighted by Gasteiger charge is 2.70. The summed E-state index contributed by atoms with van der Waals surface area (Å²) in [7, 11) is -2.38. The number of Topliss-reactive ketones (excluding diaryl/α,β-unsaturated/α-hetero) is 1. The van der Waals surface area contributed by atoms with E-state index in [1.54, 1.807) is 18.2 Å². The molecule has 1 aliphatic heterocycles. The van der Waals surface area contributed by atoms with Crippen LogP contribution in [0.3, 0.4) is 0 Å². The SMILES string of the molecule is C=CCNC(=O)C(=O)C(CCC)NC(=O)[C@@H]1[C@@H]2[C@H](CN1C(=O)[C@@H](NC(=O)N[C@H](CN(C)S(=O)(=O)c1ccccc1)C(C)(C)C)C(C)(C)C)C2(C)C. The average Bonchev–Trinajstić information content (AvgIpc) is 3.34. The van der Waals surface area contributed by atoms with Gasteiger partial charge in [-0.15, -0.1) is 6.58 Å². The van der Waals surface area contributed by atoms with Gasteiger partial charge in [-0.1, -0.05) is 93.0 Å². The first-order chi connectivity index (χ1) is 23.5. The van der Waals surface area contributed by atoms with Gasteiger partial charge in [-0.3, -0.25) is 19.2 Å². The minimum absolute atomic E-state index is 0.0294. The van der Waals surface area contributed by atoms with Crippen LogP contribution in [-0.4, -0.2) is 98.0 Å². The van der Waals surface area contributed by atoms with Crippen molar-refractivity contribution in [3.05, 3.63) is 43.0 Å². The monoisotopic (exact) mass is 730 g/mol. The molecule has 1 aliphatic carbocycles. The summed E-state index contributed by atoms with van der Waals surface area (Å²) in [5.41, 5.74) is -1.58. The number of carbonyl (C=O) groups is 5. The van der Waals surface area contributed by atoms with Crippen molar-refractivity contribution in [3.63, 3.8) is 0 Å². The quantitative estimate of drug-likeness (QED) is 0.159. The van der Waals surface area contributed by atoms with E-state index in [1.165, 1.54) is 34.5 Å². The van der Waals surface area contributed by atoms with Crippen molar-refractivity contribution in [2.24, 2.45) is 28.1 Å². The van der Waals surface area contributed by atoms with Gasteiger partial charge < -0.3 is 26.2 Å². The molecule has 6 atom stereocenters. The van der Waals surface area contributed by atoms with Crippen molar-refractivity contribution in [3.8, 4) is 0 Å². The molecule has 1 saturated carbocycles. The van der Waals surface area contributed by atoms with E-state index < -0.39 is 74.6 Å². The molecule has 1 aromatic rings. The van der Waals surface area contributed by atoms with E-state index in [9.17, 15) is 32.4 Å². The van der Waals surface area contributed by atoms with Gasteiger partial charge in [0.25, 0.3) is 5.91 Å². The number of ketones is 1. The van der Waals surface area contributed by atoms with Gasteiger partial charge in [0.2, 0.25) is 27.6 Å². The highest BCUT2D eigenvalue weighted by molar-refractivity contribution is 7.89. The molecule has 51 heavy (non-hydrogen) atoms. The molecule has 0 bridgehead atoms. The van der Waals surface area contributed by atoms with E-state index in [-0.39, 0.29) is 41.7 Å². The molecule has 284 valence electrons. The Balaban J connectivity index is 1.83. The number of urea groups is 1. The van der Waals surface area contributed by atoms with Gasteiger partial charge in [-0.25, -0.2) is 13.2 Å². The van der Waals surface area contributed by atoms with E-state index in [1.807, 2.05) is 62.3 Å². The molecular weight excluding hydrogens is 673 g/mol. The molecule has 4 N–H and O–H groups in total. The summed E-state index contributed by atoms with van der Waals surface area (Å²) in [5, 5.41) is 11.0. The molecule has 2 aliphatic rings. The number of fused-ring (bicyclic) bond motifs is 1. The second-order valence-corrected chi connectivity index (χ2v) is 18.6. The summed E-state index contributed by atoms with van der Waals surface area (Å²) in [6, 6.07) is 3.71. The maximum Gasteiger partial charge on any atom is 0.315 e. The third-order valence-corrected chi connectivity index (χ3v) is 12.1. The van der Waals surface area contributed by atoms with Gasteiger partial charge in [0.1, 0.15) is 12.1 Å². The molecule has 5 amide bonds. The Hall–Kier alpha value is -3.78. The third-order valence-electron chi connectivity index (χ3n) is 10.2. The van der Waals surface area contributed by atoms with E-state index in [0.29, 0.717) is 13.0 Å². The minimum Gasteiger partial charge on any atom is -0.346 e. The molecule has 3 rings (SSSR count). The number of piperidine rings is 1. The maximum absolute atomic E-state index is 14.4. The van der Waals surface area contributed by atoms with Crippen molar-refractivity contribution in [1.82, 2.24) is 30.5 Å². The molecule has 13 nitrogen and oxygen atoms in total. The summed E-state index contributed by atoms with van der Waals surface area (Å²) in [4.78, 5) is 69.2. The summed E-state index contributed by atoms with van der Waals surface area (Å²) in [5.74, 6) is -2.68. The number of benzene rings is 1. The number of likely N-dealkylation sites (tertiary alicyclic amines) is 1. The number of sulfonamides is 1. The Kier molecular flexibility index (Phi) is 12.9. The van der Waals surface area contributed by atoms with Crippen LogP contribution in [0.4, 0.5) is 4.79 Å². The van der Waals surface area contributed by atoms with Gasteiger partial charge in [0.15, 0.2) is 0 Å². The van der Waals surface area contributed by atoms with Crippen LogP contribution in [0.1, 0.15) is 75.2 Å². The number of nitrogens with one attached hydrogen (secondary N) is 4. The smallest absolute Gasteiger partial charge is 0.315 e. The lowest BCUT2D eigenvalue weighted by Crippen LogP contribution is -2.62. The topological polar surface area (TPSA) is 174 Å². The minimum atomic E-state index is -3.84. The molecular formula is C37H58N6O7S. The normalized spacial score (nSPS) is 21.5. The average molecular weight is 731 g/mol. The van der Waals surface area contributed by atoms with Crippen LogP contribution < -0.4 is 21.3 Å². The summed E-state index contributed by atoms with van der Waals surface area (Å²) in [6.45, 7) is 20.9. The van der Waals surface area contributed by atoms with Crippen molar-refractivity contribution in [2.75, 3.05) is 26.7 Å². The molecule has 0 aromatic heterocycles. The number of nitrogens with zero attached hydrogens (tertiary/aromatic N) is 2. The fourth-order valence-corrected chi connectivity index (χ4v) is 8.05. The first-order valence-corrected chi connectivity index (χ1v) is 19.1. The lowest BCUT2D eigenvalue weighted by Gasteiger charge is -2.39. The molecule has 14 heteroatoms. The zero-order valence-corrected chi connectivity index (χ0v) is 32.6. The van der Waals surface area contributed by atoms with Crippen molar-refractivity contribution >= 4 is 39.6 Å². The number of rotatable bonds is 15. The molecule has 0 spiro atoms. The van der Waals surface area contributed by atoms with Crippen molar-refractivity contribution < 1.29 is 32.4 Å². The number of hydrogen-bond acceptors (Lipinski definition) is 7. The number of amides is 5. The number of carbonyl (C=O) groups excluding carboxylic acids is 5. The third kappa shape index (κ3) is 9.56. The van der Waals surface area contributed by atoms with Gasteiger partial charge >= 0.3 is 6.03 Å². The van der Waals surface area contributed by atoms with Crippen LogP contribution in [0.5, 0.6) is 0 Å². The van der Waals surface area contributed by atoms with Gasteiger partial charge in [0.05, 0.1) is 10.9 Å². The van der Waals surface area contributed by atoms with E-state index in [2.05, 4.69) is 27.8 Å². The fourth-order valence-electron chi connectivity index (χ4n) is 6.85. The number of hydrogen-bond donors (Lipinski definition) is 4. The standard InChI is InChI=1S/C37H58N6O7S/c1-12-17-25(29(44)32(46)38-20-13-2)39-31(45)28-27-24(37(27,9)10)21-43(28)33(47)30(36(6,7)8)41-34(48)40-26(35(3,4)5)22-42(11)51(49,50)23-18-15-14-16-19-23/h13-16,18-19,24-28,30H,2,12,17,20-22H2,1,3-11H3,(H,38,46)(H,39,45)(H2,40,41,48)/t24-,25?,26+,27-,28-,30+/m0/s1. The van der Waals surface area contributed by atoms with Gasteiger partial charge in [-0.05, 0) is 46.6 Å². The van der Waals surface area contributed by atoms with E-state index >= 15 is 0 Å². The van der Waals surface area contributed by atoms with Crippen LogP contribution in [0, 0.1) is 28.1 Å². The maximum atomic E-state index is 14.4. The zero-order valence-electron chi connectivity index (χ0n) is 31.8. The first kappa shape index (κ1) is 41.6. The summed E-state index contributed by atoms with van der Waals surface area (Å²) < 4.78 is 27.8. The summed E-state index contributed by atoms with van der Waals surface area (Å²) >= 11 is 0. The molecule has 1 saturated heterocycles. The van der Waals surface area contributed by atoms with Crippen molar-refractivity contribution in [1.29, 1.82) is 0 Å². The second-order valence-electron chi connectivity index (χ2n) is 16.5. The Morgan fingerprint density at radius 2 is 1.61 bits per heavy atom. The Morgan fingerprint density at radius 3 is 2.14 bits per heavy atom. The molecule has 0 radical (unpaired) electrons. The van der Waals surface area contributed by atoms with E-state index in [4.69, 9.17) is 0 Å². The van der Waals surface area contributed by atoms with Crippen LogP contribution in [0.25, 0.3) is 0 Å². The first-order valence-electron chi connectivity index (χ1n) is 17.6. The predicted molar refractivity (Wildman–Crippen MR) is 196 cm³/mol. The molecule has 2 fully saturated rings. The lowest BCUT2D eigenvalue weighted by molar-refractivity contribution is -0.145. The summed E-state index contributed by atoms with van der Waals surface area (Å²) in [6.07, 6.45) is 2.23. The highest BCUT2D eigenvalue weighted by atomic mass is 32.2. The van der Waals surface area contributed by atoms with Gasteiger partial charge in [-0.2, -0.15) is 4.31 Å². The zero-order chi connectivity index (χ0) is 38.7. The Labute approximate surface area is 303 Å². The van der Waals surface area contributed by atoms with Crippen LogP contribution >= 0.6 is 0 Å². The van der Waals surface area contributed by atoms with Crippen LogP contribution in [0.15, 0.2) is 47.9 Å². The number of likely N-dealkylation sites (N-methyl/N-ethyl adjacent to an activating group) is 1. The van der Waals surface area contributed by atoms with Crippen LogP contribution in [-0.2, 0) is 29.2 Å². The van der Waals surface area contributed by atoms with Crippen LogP contribution in [0.2, 0.25) is 0 Å². The fraction of sp³-hybridized carbons (Fsp3) is 0.649. The largest absolute Gasteiger partial charge is 0.346 e. The predicted octanol–water partition coefficient (Wildman–Crippen LogP) is 3.07. The van der Waals surface area contributed by atoms with Crippen molar-refractivity contribution in [2.45, 2.75) is 104 Å². The van der Waals surface area contributed by atoms with E-state index in [0.717, 1.165) is 0 Å². The highest BCUT2D eigenvalue weighted by Crippen LogP contribution is 2.65. The molecule has 1 heterocycles.